The van der Waals surface area contributed by atoms with Crippen LogP contribution in [0, 0.1) is 6.92 Å². The maximum Gasteiger partial charge on any atom is 0.252 e. The van der Waals surface area contributed by atoms with Gasteiger partial charge in [0.05, 0.1) is 0 Å². The highest BCUT2D eigenvalue weighted by Gasteiger charge is 2.16. The van der Waals surface area contributed by atoms with Crippen molar-refractivity contribution in [3.8, 4) is 0 Å². The van der Waals surface area contributed by atoms with Crippen molar-refractivity contribution in [1.29, 1.82) is 0 Å². The van der Waals surface area contributed by atoms with Crippen LogP contribution >= 0.6 is 0 Å². The lowest BCUT2D eigenvalue weighted by molar-refractivity contribution is 0.767. The molecule has 3 nitrogen and oxygen atoms in total. The van der Waals surface area contributed by atoms with Crippen molar-refractivity contribution in [2.45, 2.75) is 19.9 Å². The summed E-state index contributed by atoms with van der Waals surface area (Å²) in [7, 11) is 0. The summed E-state index contributed by atoms with van der Waals surface area (Å²) in [5.41, 5.74) is 2.34. The van der Waals surface area contributed by atoms with Crippen LogP contribution in [0.1, 0.15) is 11.1 Å². The molecule has 1 N–H and O–H groups in total. The molecule has 0 bridgehead atoms. The molecular formula is C11H14N2O. The van der Waals surface area contributed by atoms with E-state index < -0.39 is 0 Å². The quantitative estimate of drug-likeness (QED) is 0.713. The van der Waals surface area contributed by atoms with Crippen molar-refractivity contribution >= 4 is 5.82 Å². The Morgan fingerprint density at radius 3 is 3.21 bits per heavy atom. The Bertz CT molecular complexity index is 432. The average molecular weight is 190 g/mol. The molecule has 2 rings (SSSR count). The third kappa shape index (κ3) is 1.25. The molecule has 0 aromatic carbocycles. The van der Waals surface area contributed by atoms with Crippen LogP contribution in [-0.4, -0.2) is 11.1 Å². The van der Waals surface area contributed by atoms with Crippen molar-refractivity contribution in [3.05, 3.63) is 40.2 Å². The number of anilines is 1. The molecule has 1 aromatic heterocycles. The zero-order valence-electron chi connectivity index (χ0n) is 8.34. The monoisotopic (exact) mass is 190 g/mol. The van der Waals surface area contributed by atoms with E-state index >= 15 is 0 Å². The van der Waals surface area contributed by atoms with Gasteiger partial charge in [-0.2, -0.15) is 0 Å². The lowest BCUT2D eigenvalue weighted by atomic mass is 10.1. The number of nitrogens with one attached hydrogen (secondary N) is 1. The lowest BCUT2D eigenvalue weighted by Crippen LogP contribution is -2.18. The SMILES string of the molecule is C=CCc1c(C)cc(=O)n2c1NCC2. The van der Waals surface area contributed by atoms with E-state index in [0.29, 0.717) is 0 Å². The van der Waals surface area contributed by atoms with E-state index in [1.54, 1.807) is 10.6 Å². The van der Waals surface area contributed by atoms with E-state index in [0.717, 1.165) is 30.9 Å². The summed E-state index contributed by atoms with van der Waals surface area (Å²) in [6.07, 6.45) is 2.68. The minimum atomic E-state index is 0.0929. The first-order valence-corrected chi connectivity index (χ1v) is 4.82. The van der Waals surface area contributed by atoms with Gasteiger partial charge in [-0.1, -0.05) is 6.08 Å². The molecule has 1 aliphatic rings. The summed E-state index contributed by atoms with van der Waals surface area (Å²) in [5, 5.41) is 3.25. The summed E-state index contributed by atoms with van der Waals surface area (Å²) in [5.74, 6) is 0.981. The van der Waals surface area contributed by atoms with Crippen LogP contribution in [-0.2, 0) is 13.0 Å². The molecule has 0 amide bonds. The van der Waals surface area contributed by atoms with E-state index in [-0.39, 0.29) is 5.56 Å². The Morgan fingerprint density at radius 2 is 2.50 bits per heavy atom. The third-order valence-corrected chi connectivity index (χ3v) is 2.61. The smallest absolute Gasteiger partial charge is 0.252 e. The van der Waals surface area contributed by atoms with Gasteiger partial charge in [0.2, 0.25) is 0 Å². The number of hydrogen-bond acceptors (Lipinski definition) is 2. The van der Waals surface area contributed by atoms with E-state index in [4.69, 9.17) is 0 Å². The van der Waals surface area contributed by atoms with Crippen molar-refractivity contribution in [1.82, 2.24) is 4.57 Å². The molecule has 74 valence electrons. The second kappa shape index (κ2) is 3.33. The first-order chi connectivity index (χ1) is 6.74. The topological polar surface area (TPSA) is 34.0 Å². The number of hydrogen-bond donors (Lipinski definition) is 1. The summed E-state index contributed by atoms with van der Waals surface area (Å²) >= 11 is 0. The standard InChI is InChI=1S/C11H14N2O/c1-3-4-9-8(2)7-10(14)13-6-5-12-11(9)13/h3,7,12H,1,4-6H2,2H3. The number of nitrogens with zero attached hydrogens (tertiary/aromatic N) is 1. The Hall–Kier alpha value is -1.51. The lowest BCUT2D eigenvalue weighted by Gasteiger charge is -2.10. The van der Waals surface area contributed by atoms with Crippen molar-refractivity contribution in [2.24, 2.45) is 0 Å². The van der Waals surface area contributed by atoms with Gasteiger partial charge in [0.25, 0.3) is 5.56 Å². The fourth-order valence-corrected chi connectivity index (χ4v) is 1.92. The molecule has 0 fully saturated rings. The number of fused-ring (bicyclic) bond motifs is 1. The second-order valence-corrected chi connectivity index (χ2v) is 3.56. The molecular weight excluding hydrogens is 176 g/mol. The van der Waals surface area contributed by atoms with E-state index in [1.807, 2.05) is 13.0 Å². The molecule has 0 atom stereocenters. The highest BCUT2D eigenvalue weighted by atomic mass is 16.1. The van der Waals surface area contributed by atoms with Crippen LogP contribution in [0.5, 0.6) is 0 Å². The number of aromatic nitrogens is 1. The number of aryl methyl sites for hydroxylation is 1. The molecule has 0 radical (unpaired) electrons. The summed E-state index contributed by atoms with van der Waals surface area (Å²) in [4.78, 5) is 11.6. The average Bonchev–Trinajstić information content (AvgIpc) is 2.60. The van der Waals surface area contributed by atoms with Crippen LogP contribution in [0.3, 0.4) is 0 Å². The van der Waals surface area contributed by atoms with Crippen LogP contribution in [0.15, 0.2) is 23.5 Å². The number of allylic oxidation sites excluding steroid dienone is 1. The first kappa shape index (κ1) is 9.06. The minimum absolute atomic E-state index is 0.0929. The number of pyridine rings is 1. The maximum atomic E-state index is 11.6. The van der Waals surface area contributed by atoms with Crippen molar-refractivity contribution in [2.75, 3.05) is 11.9 Å². The van der Waals surface area contributed by atoms with Crippen LogP contribution in [0.2, 0.25) is 0 Å². The predicted octanol–water partition coefficient (Wildman–Crippen LogP) is 1.31. The van der Waals surface area contributed by atoms with Gasteiger partial charge in [-0.25, -0.2) is 0 Å². The molecule has 0 saturated carbocycles. The fourth-order valence-electron chi connectivity index (χ4n) is 1.92. The highest BCUT2D eigenvalue weighted by Crippen LogP contribution is 2.21. The maximum absolute atomic E-state index is 11.6. The zero-order chi connectivity index (χ0) is 10.1. The predicted molar refractivity (Wildman–Crippen MR) is 57.8 cm³/mol. The molecule has 0 saturated heterocycles. The van der Waals surface area contributed by atoms with Gasteiger partial charge in [-0.3, -0.25) is 9.36 Å². The van der Waals surface area contributed by atoms with Gasteiger partial charge < -0.3 is 5.32 Å². The zero-order valence-corrected chi connectivity index (χ0v) is 8.34. The van der Waals surface area contributed by atoms with Gasteiger partial charge in [0.1, 0.15) is 5.82 Å². The van der Waals surface area contributed by atoms with Gasteiger partial charge >= 0.3 is 0 Å². The van der Waals surface area contributed by atoms with E-state index in [1.165, 1.54) is 5.56 Å². The van der Waals surface area contributed by atoms with Gasteiger partial charge in [-0.15, -0.1) is 6.58 Å². The second-order valence-electron chi connectivity index (χ2n) is 3.56. The molecule has 1 aromatic rings. The van der Waals surface area contributed by atoms with Crippen LogP contribution in [0.25, 0.3) is 0 Å². The largest absolute Gasteiger partial charge is 0.369 e. The molecule has 0 unspecified atom stereocenters. The first-order valence-electron chi connectivity index (χ1n) is 4.82. The van der Waals surface area contributed by atoms with E-state index in [9.17, 15) is 4.79 Å². The Balaban J connectivity index is 2.65. The molecule has 3 heteroatoms. The molecule has 14 heavy (non-hydrogen) atoms. The Morgan fingerprint density at radius 1 is 1.71 bits per heavy atom. The highest BCUT2D eigenvalue weighted by molar-refractivity contribution is 5.52. The summed E-state index contributed by atoms with van der Waals surface area (Å²) < 4.78 is 1.80. The summed E-state index contributed by atoms with van der Waals surface area (Å²) in [6, 6.07) is 1.70. The van der Waals surface area contributed by atoms with Gasteiger partial charge in [0.15, 0.2) is 0 Å². The third-order valence-electron chi connectivity index (χ3n) is 2.61. The van der Waals surface area contributed by atoms with Crippen molar-refractivity contribution < 1.29 is 0 Å². The fraction of sp³-hybridized carbons (Fsp3) is 0.364. The van der Waals surface area contributed by atoms with Crippen LogP contribution < -0.4 is 10.9 Å². The van der Waals surface area contributed by atoms with Gasteiger partial charge in [-0.05, 0) is 24.5 Å². The molecule has 0 spiro atoms. The van der Waals surface area contributed by atoms with E-state index in [2.05, 4.69) is 11.9 Å². The normalized spacial score (nSPS) is 13.5. The molecule has 2 heterocycles. The Kier molecular flexibility index (Phi) is 2.15. The summed E-state index contributed by atoms with van der Waals surface area (Å²) in [6.45, 7) is 7.33. The van der Waals surface area contributed by atoms with Crippen molar-refractivity contribution in [3.63, 3.8) is 0 Å². The Labute approximate surface area is 83.1 Å². The van der Waals surface area contributed by atoms with Crippen LogP contribution in [0.4, 0.5) is 5.82 Å². The van der Waals surface area contributed by atoms with Gasteiger partial charge in [0, 0.05) is 19.2 Å². The molecule has 0 aliphatic carbocycles. The molecule has 1 aliphatic heterocycles. The minimum Gasteiger partial charge on any atom is -0.369 e. The number of rotatable bonds is 2.